The second kappa shape index (κ2) is 24.4. The second-order valence-electron chi connectivity index (χ2n) is 20.7. The fraction of sp³-hybridized carbons (Fsp3) is 0.324. The molecule has 0 atom stereocenters. The third-order valence-corrected chi connectivity index (χ3v) is 15.4. The Labute approximate surface area is 449 Å². The summed E-state index contributed by atoms with van der Waals surface area (Å²) < 4.78 is 11.6. The average molecular weight is 1010 g/mol. The molecule has 2 N–H and O–H groups in total. The van der Waals surface area contributed by atoms with Crippen LogP contribution < -0.4 is 0 Å². The molecule has 0 aliphatic carbocycles. The van der Waals surface area contributed by atoms with E-state index in [-0.39, 0.29) is 25.2 Å². The summed E-state index contributed by atoms with van der Waals surface area (Å²) in [4.78, 5) is 46.6. The largest absolute Gasteiger partial charge is 0.457 e. The van der Waals surface area contributed by atoms with E-state index in [1.807, 2.05) is 97.1 Å². The van der Waals surface area contributed by atoms with Crippen LogP contribution in [0.5, 0.6) is 0 Å². The summed E-state index contributed by atoms with van der Waals surface area (Å²) in [6.07, 6.45) is 11.9. The lowest BCUT2D eigenvalue weighted by atomic mass is 9.92. The van der Waals surface area contributed by atoms with E-state index in [0.29, 0.717) is 11.1 Å². The summed E-state index contributed by atoms with van der Waals surface area (Å²) in [5.41, 5.74) is 24.5. The molecule has 0 unspecified atom stereocenters. The quantitative estimate of drug-likeness (QED) is 0.0736. The first-order chi connectivity index (χ1) is 37.0. The lowest BCUT2D eigenvalue weighted by Gasteiger charge is -2.11. The highest BCUT2D eigenvalue weighted by molar-refractivity contribution is 6.04. The molecule has 0 spiro atoms. The number of benzene rings is 4. The number of aromatic amines is 2. The molecule has 0 radical (unpaired) electrons. The van der Waals surface area contributed by atoms with Gasteiger partial charge in [-0.1, -0.05) is 138 Å². The predicted molar refractivity (Wildman–Crippen MR) is 314 cm³/mol. The first-order valence-corrected chi connectivity index (χ1v) is 27.9. The Hall–Kier alpha value is -7.58. The van der Waals surface area contributed by atoms with Crippen molar-refractivity contribution in [3.63, 3.8) is 0 Å². The molecule has 390 valence electrons. The number of carbonyl (C=O) groups is 2. The van der Waals surface area contributed by atoms with Crippen molar-refractivity contribution in [2.75, 3.05) is 0 Å². The van der Waals surface area contributed by atoms with E-state index < -0.39 is 0 Å². The molecule has 5 heterocycles. The molecule has 2 aliphatic heterocycles. The Bertz CT molecular complexity index is 3340. The lowest BCUT2D eigenvalue weighted by Crippen LogP contribution is -2.05. The molecule has 2 aliphatic rings. The number of carbonyl (C=O) groups excluding carboxylic acids is 2. The van der Waals surface area contributed by atoms with Gasteiger partial charge in [-0.3, -0.25) is 0 Å². The lowest BCUT2D eigenvalue weighted by molar-refractivity contribution is 0.0464. The van der Waals surface area contributed by atoms with Crippen molar-refractivity contribution < 1.29 is 19.1 Å². The van der Waals surface area contributed by atoms with Crippen molar-refractivity contribution in [1.29, 1.82) is 0 Å². The zero-order chi connectivity index (χ0) is 53.3. The van der Waals surface area contributed by atoms with Gasteiger partial charge in [-0.2, -0.15) is 0 Å². The minimum Gasteiger partial charge on any atom is -0.457 e. The molecule has 3 aromatic heterocycles. The molecule has 0 amide bonds. The van der Waals surface area contributed by atoms with Crippen LogP contribution in [-0.2, 0) is 35.5 Å². The summed E-state index contributed by atoms with van der Waals surface area (Å²) in [6, 6.07) is 40.0. The van der Waals surface area contributed by atoms with Crippen LogP contribution in [0.3, 0.4) is 0 Å². The minimum absolute atomic E-state index is 0.204. The number of hydrogen-bond donors (Lipinski definition) is 2. The summed E-state index contributed by atoms with van der Waals surface area (Å²) in [7, 11) is 0. The van der Waals surface area contributed by atoms with Gasteiger partial charge >= 0.3 is 11.9 Å². The Kier molecular flexibility index (Phi) is 17.1. The number of esters is 2. The maximum Gasteiger partial charge on any atom is 0.338 e. The van der Waals surface area contributed by atoms with Gasteiger partial charge < -0.3 is 19.4 Å². The molecular weight excluding hydrogens is 937 g/mol. The third-order valence-electron chi connectivity index (χ3n) is 15.4. The summed E-state index contributed by atoms with van der Waals surface area (Å²) in [6.45, 7) is 18.4. The van der Waals surface area contributed by atoms with Crippen molar-refractivity contribution in [3.05, 3.63) is 189 Å². The highest BCUT2D eigenvalue weighted by Crippen LogP contribution is 2.45. The van der Waals surface area contributed by atoms with Crippen molar-refractivity contribution in [2.45, 2.75) is 146 Å². The average Bonchev–Trinajstić information content (AvgIpc) is 4.13. The van der Waals surface area contributed by atoms with E-state index in [9.17, 15) is 9.59 Å². The van der Waals surface area contributed by atoms with E-state index >= 15 is 0 Å². The first kappa shape index (κ1) is 53.3. The number of fused-ring (bicyclic) bond motifs is 8. The van der Waals surface area contributed by atoms with Crippen molar-refractivity contribution in [2.24, 2.45) is 0 Å². The summed E-state index contributed by atoms with van der Waals surface area (Å²) in [5, 5.41) is 0. The Morgan fingerprint density at radius 3 is 1.21 bits per heavy atom. The van der Waals surface area contributed by atoms with Gasteiger partial charge in [0, 0.05) is 22.2 Å². The van der Waals surface area contributed by atoms with Crippen LogP contribution >= 0.6 is 0 Å². The molecule has 0 fully saturated rings. The van der Waals surface area contributed by atoms with E-state index in [0.717, 1.165) is 166 Å². The van der Waals surface area contributed by atoms with E-state index in [4.69, 9.17) is 19.4 Å². The number of aryl methyl sites for hydroxylation is 4. The topological polar surface area (TPSA) is 110 Å². The maximum atomic E-state index is 13.5. The number of allylic oxidation sites excluding steroid dienone is 4. The van der Waals surface area contributed by atoms with E-state index in [2.05, 4.69) is 89.6 Å². The molecule has 8 heteroatoms. The fourth-order valence-corrected chi connectivity index (χ4v) is 10.9. The van der Waals surface area contributed by atoms with Crippen LogP contribution in [0.2, 0.25) is 0 Å². The highest BCUT2D eigenvalue weighted by Gasteiger charge is 2.28. The summed E-state index contributed by atoms with van der Waals surface area (Å²) >= 11 is 0. The molecule has 8 bridgehead atoms. The van der Waals surface area contributed by atoms with Crippen LogP contribution in [0.1, 0.15) is 183 Å². The number of rotatable bonds is 20. The molecule has 7 aromatic rings. The molecule has 8 nitrogen and oxygen atoms in total. The number of nitrogens with one attached hydrogen (secondary N) is 2. The van der Waals surface area contributed by atoms with Gasteiger partial charge in [-0.05, 0) is 182 Å². The Morgan fingerprint density at radius 2 is 0.829 bits per heavy atom. The minimum atomic E-state index is -0.364. The maximum absolute atomic E-state index is 13.5. The van der Waals surface area contributed by atoms with Crippen molar-refractivity contribution in [1.82, 2.24) is 19.9 Å². The first-order valence-electron chi connectivity index (χ1n) is 27.9. The zero-order valence-corrected chi connectivity index (χ0v) is 46.0. The van der Waals surface area contributed by atoms with E-state index in [1.54, 1.807) is 0 Å². The van der Waals surface area contributed by atoms with E-state index in [1.165, 1.54) is 33.4 Å². The van der Waals surface area contributed by atoms with Crippen LogP contribution in [0.4, 0.5) is 0 Å². The number of aromatic nitrogens is 4. The van der Waals surface area contributed by atoms with Gasteiger partial charge in [0.15, 0.2) is 0 Å². The molecule has 0 saturated carbocycles. The van der Waals surface area contributed by atoms with Crippen LogP contribution in [0.25, 0.3) is 66.6 Å². The van der Waals surface area contributed by atoms with Gasteiger partial charge in [0.05, 0.1) is 44.9 Å². The number of hydrogen-bond acceptors (Lipinski definition) is 6. The van der Waals surface area contributed by atoms with Crippen LogP contribution in [0.15, 0.2) is 121 Å². The fourth-order valence-electron chi connectivity index (χ4n) is 10.9. The monoisotopic (exact) mass is 1010 g/mol. The molecule has 4 aromatic carbocycles. The van der Waals surface area contributed by atoms with Gasteiger partial charge in [0.1, 0.15) is 13.2 Å². The normalized spacial score (nSPS) is 12.4. The van der Waals surface area contributed by atoms with Crippen molar-refractivity contribution in [3.8, 4) is 22.3 Å². The molecule has 9 rings (SSSR count). The SMILES string of the molecule is CCCCC1=C(C)c2nc1cc1[nH]c(c(C)c1CCCC)c(-c1ccc(C(=O)OCc3ccccc3)cc1)c1[nH]c(cc3nc(c2-c2ccc(C(=O)OCc4ccccc4)cc2)C(C)=C3CCCC)c(CCCC)c1C. The second-order valence-corrected chi connectivity index (χ2v) is 20.7. The smallest absolute Gasteiger partial charge is 0.338 e. The zero-order valence-electron chi connectivity index (χ0n) is 46.0. The number of nitrogens with zero attached hydrogens (tertiary/aromatic N) is 2. The van der Waals surface area contributed by atoms with Crippen LogP contribution in [-0.4, -0.2) is 31.9 Å². The Morgan fingerprint density at radius 1 is 0.461 bits per heavy atom. The van der Waals surface area contributed by atoms with Crippen LogP contribution in [0, 0.1) is 13.8 Å². The number of unbranched alkanes of at least 4 members (excludes halogenated alkanes) is 4. The van der Waals surface area contributed by atoms with Gasteiger partial charge in [0.2, 0.25) is 0 Å². The van der Waals surface area contributed by atoms with Gasteiger partial charge in [0.25, 0.3) is 0 Å². The number of ether oxygens (including phenoxy) is 2. The third kappa shape index (κ3) is 11.3. The molecule has 76 heavy (non-hydrogen) atoms. The standard InChI is InChI=1S/C68H74N4O4/c1-9-13-27-53-43(5)63-61(49-31-35-51(36-32-49)67(73)75-41-47-23-19-17-20-24-47)64-45(7)55(29-15-11-3)59(71-64)40-60-56(30-16-12-4)46(8)66(72-60)62(65-44(6)54(28-14-10-2)58(70-65)39-57(53)69-63)50-33-37-52(38-34-50)68(74)76-42-48-25-21-18-22-26-48/h17-26,31-40,69,71H,9-16,27-30,41-42H2,1-8H3. The van der Waals surface area contributed by atoms with Gasteiger partial charge in [-0.15, -0.1) is 0 Å². The molecule has 0 saturated heterocycles. The Balaban J connectivity index is 1.33. The summed E-state index contributed by atoms with van der Waals surface area (Å²) in [5.74, 6) is -0.720. The molecular formula is C68H74N4O4. The van der Waals surface area contributed by atoms with Gasteiger partial charge in [-0.25, -0.2) is 19.6 Å². The highest BCUT2D eigenvalue weighted by atomic mass is 16.5. The predicted octanol–water partition coefficient (Wildman–Crippen LogP) is 17.9. The number of H-pyrrole nitrogens is 2. The van der Waals surface area contributed by atoms with Crippen molar-refractivity contribution >= 4 is 56.3 Å².